The Kier molecular flexibility index (Phi) is 4.92. The summed E-state index contributed by atoms with van der Waals surface area (Å²) in [4.78, 5) is 17.0. The number of aromatic nitrogens is 1. The molecule has 4 aromatic rings. The van der Waals surface area contributed by atoms with Gasteiger partial charge in [-0.2, -0.15) is 0 Å². The van der Waals surface area contributed by atoms with Crippen molar-refractivity contribution < 1.29 is 4.79 Å². The van der Waals surface area contributed by atoms with Gasteiger partial charge in [-0.3, -0.25) is 4.79 Å². The van der Waals surface area contributed by atoms with Gasteiger partial charge in [-0.25, -0.2) is 4.98 Å². The molecule has 0 aliphatic rings. The van der Waals surface area contributed by atoms with Crippen molar-refractivity contribution in [2.45, 2.75) is 13.3 Å². The number of rotatable bonds is 4. The lowest BCUT2D eigenvalue weighted by molar-refractivity contribution is -0.115. The Labute approximate surface area is 166 Å². The maximum absolute atomic E-state index is 12.3. The predicted octanol–water partition coefficient (Wildman–Crippen LogP) is 6.11. The fraction of sp³-hybridized carbons (Fsp3) is 0.0909. The third kappa shape index (κ3) is 4.02. The van der Waals surface area contributed by atoms with Gasteiger partial charge in [0.05, 0.1) is 16.6 Å². The monoisotopic (exact) mass is 392 g/mol. The van der Waals surface area contributed by atoms with Crippen LogP contribution < -0.4 is 5.32 Å². The summed E-state index contributed by atoms with van der Waals surface area (Å²) in [5.74, 6) is -0.0480. The summed E-state index contributed by atoms with van der Waals surface area (Å²) in [7, 11) is 0. The zero-order valence-electron chi connectivity index (χ0n) is 14.7. The molecular formula is C22H17ClN2OS. The summed E-state index contributed by atoms with van der Waals surface area (Å²) in [5.41, 5.74) is 4.83. The van der Waals surface area contributed by atoms with E-state index in [1.54, 1.807) is 23.5 Å². The maximum atomic E-state index is 12.3. The molecule has 5 heteroatoms. The number of hydrogen-bond acceptors (Lipinski definition) is 3. The number of halogens is 1. The van der Waals surface area contributed by atoms with Crippen LogP contribution in [0.3, 0.4) is 0 Å². The lowest BCUT2D eigenvalue weighted by Gasteiger charge is -2.10. The van der Waals surface area contributed by atoms with Crippen LogP contribution in [0.2, 0.25) is 5.02 Å². The average molecular weight is 393 g/mol. The van der Waals surface area contributed by atoms with Crippen molar-refractivity contribution in [2.75, 3.05) is 5.32 Å². The highest BCUT2D eigenvalue weighted by atomic mass is 35.5. The molecule has 1 N–H and O–H groups in total. The fourth-order valence-electron chi connectivity index (χ4n) is 2.91. The van der Waals surface area contributed by atoms with Gasteiger partial charge in [0.15, 0.2) is 0 Å². The van der Waals surface area contributed by atoms with E-state index in [2.05, 4.69) is 17.4 Å². The van der Waals surface area contributed by atoms with Crippen LogP contribution in [-0.2, 0) is 11.2 Å². The molecule has 3 aromatic carbocycles. The Bertz CT molecular complexity index is 1090. The summed E-state index contributed by atoms with van der Waals surface area (Å²) in [5, 5.41) is 4.64. The van der Waals surface area contributed by atoms with E-state index in [4.69, 9.17) is 16.6 Å². The topological polar surface area (TPSA) is 42.0 Å². The third-order valence-corrected chi connectivity index (χ3v) is 5.66. The molecule has 134 valence electrons. The number of nitrogens with one attached hydrogen (secondary N) is 1. The summed E-state index contributed by atoms with van der Waals surface area (Å²) in [6, 6.07) is 21.4. The quantitative estimate of drug-likeness (QED) is 0.455. The van der Waals surface area contributed by atoms with Crippen LogP contribution in [0.5, 0.6) is 0 Å². The van der Waals surface area contributed by atoms with Crippen LogP contribution in [-0.4, -0.2) is 10.9 Å². The minimum atomic E-state index is -0.0480. The predicted molar refractivity (Wildman–Crippen MR) is 114 cm³/mol. The summed E-state index contributed by atoms with van der Waals surface area (Å²) >= 11 is 7.56. The van der Waals surface area contributed by atoms with Gasteiger partial charge in [0.25, 0.3) is 0 Å². The first-order valence-electron chi connectivity index (χ1n) is 8.59. The van der Waals surface area contributed by atoms with Crippen molar-refractivity contribution in [2.24, 2.45) is 0 Å². The van der Waals surface area contributed by atoms with E-state index >= 15 is 0 Å². The Balaban J connectivity index is 1.51. The molecule has 0 spiro atoms. The molecule has 0 atom stereocenters. The summed E-state index contributed by atoms with van der Waals surface area (Å²) < 4.78 is 1.17. The fourth-order valence-corrected chi connectivity index (χ4v) is 4.00. The zero-order valence-corrected chi connectivity index (χ0v) is 16.3. The minimum absolute atomic E-state index is 0.0480. The first-order valence-corrected chi connectivity index (χ1v) is 9.79. The molecule has 1 heterocycles. The van der Waals surface area contributed by atoms with E-state index in [1.165, 1.54) is 4.70 Å². The molecule has 4 rings (SSSR count). The van der Waals surface area contributed by atoms with Crippen molar-refractivity contribution in [3.8, 4) is 10.6 Å². The van der Waals surface area contributed by atoms with Gasteiger partial charge in [-0.1, -0.05) is 35.9 Å². The SMILES string of the molecule is Cc1cc(-c2nc3ccccc3s2)ccc1NC(=O)Cc1ccc(Cl)cc1. The van der Waals surface area contributed by atoms with Gasteiger partial charge in [0, 0.05) is 16.3 Å². The second kappa shape index (κ2) is 7.51. The molecule has 0 fully saturated rings. The van der Waals surface area contributed by atoms with Crippen LogP contribution in [0.4, 0.5) is 5.69 Å². The number of benzene rings is 3. The van der Waals surface area contributed by atoms with Crippen molar-refractivity contribution in [3.05, 3.63) is 82.9 Å². The van der Waals surface area contributed by atoms with E-state index in [0.717, 1.165) is 32.9 Å². The number of aryl methyl sites for hydroxylation is 1. The van der Waals surface area contributed by atoms with Crippen molar-refractivity contribution in [1.29, 1.82) is 0 Å². The van der Waals surface area contributed by atoms with Gasteiger partial charge in [-0.05, 0) is 60.5 Å². The van der Waals surface area contributed by atoms with E-state index in [-0.39, 0.29) is 5.91 Å². The molecule has 1 amide bonds. The molecule has 0 saturated heterocycles. The Morgan fingerprint density at radius 3 is 2.59 bits per heavy atom. The molecule has 1 aromatic heterocycles. The van der Waals surface area contributed by atoms with Gasteiger partial charge in [-0.15, -0.1) is 11.3 Å². The van der Waals surface area contributed by atoms with Crippen LogP contribution in [0.15, 0.2) is 66.7 Å². The number of para-hydroxylation sites is 1. The highest BCUT2D eigenvalue weighted by molar-refractivity contribution is 7.21. The third-order valence-electron chi connectivity index (χ3n) is 4.32. The number of nitrogens with zero attached hydrogens (tertiary/aromatic N) is 1. The van der Waals surface area contributed by atoms with E-state index in [1.807, 2.05) is 49.4 Å². The number of hydrogen-bond donors (Lipinski definition) is 1. The van der Waals surface area contributed by atoms with Crippen molar-refractivity contribution in [1.82, 2.24) is 4.98 Å². The molecule has 0 aliphatic carbocycles. The van der Waals surface area contributed by atoms with E-state index in [9.17, 15) is 4.79 Å². The summed E-state index contributed by atoms with van der Waals surface area (Å²) in [6.45, 7) is 1.99. The molecule has 3 nitrogen and oxygen atoms in total. The van der Waals surface area contributed by atoms with Gasteiger partial charge in [0.2, 0.25) is 5.91 Å². The first-order chi connectivity index (χ1) is 13.1. The molecular weight excluding hydrogens is 376 g/mol. The molecule has 0 radical (unpaired) electrons. The van der Waals surface area contributed by atoms with Crippen LogP contribution in [0.1, 0.15) is 11.1 Å². The number of anilines is 1. The summed E-state index contributed by atoms with van der Waals surface area (Å²) in [6.07, 6.45) is 0.316. The average Bonchev–Trinajstić information content (AvgIpc) is 3.09. The van der Waals surface area contributed by atoms with Crippen molar-refractivity contribution >= 4 is 44.7 Å². The largest absolute Gasteiger partial charge is 0.326 e. The smallest absolute Gasteiger partial charge is 0.228 e. The lowest BCUT2D eigenvalue weighted by atomic mass is 10.1. The highest BCUT2D eigenvalue weighted by Gasteiger charge is 2.10. The number of carbonyl (C=O) groups excluding carboxylic acids is 1. The Morgan fingerprint density at radius 2 is 1.85 bits per heavy atom. The van der Waals surface area contributed by atoms with Gasteiger partial charge in [0.1, 0.15) is 5.01 Å². The molecule has 0 unspecified atom stereocenters. The number of amides is 1. The molecule has 0 bridgehead atoms. The second-order valence-electron chi connectivity index (χ2n) is 6.37. The number of fused-ring (bicyclic) bond motifs is 1. The van der Waals surface area contributed by atoms with Crippen molar-refractivity contribution in [3.63, 3.8) is 0 Å². The van der Waals surface area contributed by atoms with Gasteiger partial charge < -0.3 is 5.32 Å². The van der Waals surface area contributed by atoms with E-state index in [0.29, 0.717) is 11.4 Å². The highest BCUT2D eigenvalue weighted by Crippen LogP contribution is 2.32. The number of carbonyl (C=O) groups is 1. The number of thiazole rings is 1. The maximum Gasteiger partial charge on any atom is 0.228 e. The molecule has 27 heavy (non-hydrogen) atoms. The van der Waals surface area contributed by atoms with Crippen LogP contribution in [0.25, 0.3) is 20.8 Å². The molecule has 0 aliphatic heterocycles. The standard InChI is InChI=1S/C22H17ClN2OS/c1-14-12-16(22-25-19-4-2-3-5-20(19)27-22)8-11-18(14)24-21(26)13-15-6-9-17(23)10-7-15/h2-12H,13H2,1H3,(H,24,26). The van der Waals surface area contributed by atoms with Crippen LogP contribution >= 0.6 is 22.9 Å². The Hall–Kier alpha value is -2.69. The first kappa shape index (κ1) is 17.7. The normalized spacial score (nSPS) is 10.9. The molecule has 0 saturated carbocycles. The van der Waals surface area contributed by atoms with E-state index < -0.39 is 0 Å². The Morgan fingerprint density at radius 1 is 1.07 bits per heavy atom. The van der Waals surface area contributed by atoms with Gasteiger partial charge >= 0.3 is 0 Å². The zero-order chi connectivity index (χ0) is 18.8. The minimum Gasteiger partial charge on any atom is -0.326 e. The second-order valence-corrected chi connectivity index (χ2v) is 7.83. The lowest BCUT2D eigenvalue weighted by Crippen LogP contribution is -2.15. The van der Waals surface area contributed by atoms with Crippen LogP contribution in [0, 0.1) is 6.92 Å².